The quantitative estimate of drug-likeness (QED) is 0.454. The van der Waals surface area contributed by atoms with Gasteiger partial charge in [-0.2, -0.15) is 0 Å². The number of carbonyl (C=O) groups excluding carboxylic acids is 1. The topological polar surface area (TPSA) is 90.3 Å². The fourth-order valence-corrected chi connectivity index (χ4v) is 5.54. The van der Waals surface area contributed by atoms with E-state index in [4.69, 9.17) is 4.74 Å². The largest absolute Gasteiger partial charge is 0.390 e. The van der Waals surface area contributed by atoms with Crippen molar-refractivity contribution in [2.75, 3.05) is 0 Å². The van der Waals surface area contributed by atoms with E-state index in [1.165, 1.54) is 0 Å². The van der Waals surface area contributed by atoms with Crippen molar-refractivity contribution in [3.8, 4) is 0 Å². The number of aliphatic hydroxyl groups is 3. The Balaban J connectivity index is 1.84. The van der Waals surface area contributed by atoms with Crippen LogP contribution in [0.4, 0.5) is 0 Å². The van der Waals surface area contributed by atoms with Gasteiger partial charge in [0.05, 0.1) is 12.2 Å². The Kier molecular flexibility index (Phi) is 3.36. The molecule has 3 N–H and O–H groups in total. The summed E-state index contributed by atoms with van der Waals surface area (Å²) in [6.45, 7) is 9.54. The molecule has 5 heteroatoms. The smallest absolute Gasteiger partial charge is 0.193 e. The third-order valence-electron chi connectivity index (χ3n) is 7.27. The molecule has 0 amide bonds. The summed E-state index contributed by atoms with van der Waals surface area (Å²) in [5.74, 6) is -0.195. The zero-order valence-corrected chi connectivity index (χ0v) is 15.5. The summed E-state index contributed by atoms with van der Waals surface area (Å²) in [6, 6.07) is 0. The van der Waals surface area contributed by atoms with Crippen LogP contribution in [0.1, 0.15) is 41.0 Å². The SMILES string of the molecule is C/C1=C\C2C(C(O)C(O)/C(C)=C/C34OC3(CC(C)C4O)C1=O)C2(C)C. The molecule has 8 unspecified atom stereocenters. The molecular formula is C20H28O5. The van der Waals surface area contributed by atoms with Crippen molar-refractivity contribution >= 4 is 5.78 Å². The molecule has 4 aliphatic rings. The molecule has 1 aliphatic heterocycles. The molecule has 0 aromatic carbocycles. The number of carbonyl (C=O) groups is 1. The van der Waals surface area contributed by atoms with Crippen molar-refractivity contribution in [1.29, 1.82) is 0 Å². The maximum Gasteiger partial charge on any atom is 0.193 e. The van der Waals surface area contributed by atoms with E-state index in [2.05, 4.69) is 13.8 Å². The van der Waals surface area contributed by atoms with Gasteiger partial charge in [0.2, 0.25) is 0 Å². The number of hydrogen-bond donors (Lipinski definition) is 3. The average Bonchev–Trinajstić information content (AvgIpc) is 3.32. The predicted molar refractivity (Wildman–Crippen MR) is 91.6 cm³/mol. The van der Waals surface area contributed by atoms with Gasteiger partial charge in [0.25, 0.3) is 0 Å². The molecule has 4 rings (SSSR count). The fraction of sp³-hybridized carbons (Fsp3) is 0.750. The lowest BCUT2D eigenvalue weighted by Crippen LogP contribution is -2.37. The first-order valence-corrected chi connectivity index (χ1v) is 9.16. The van der Waals surface area contributed by atoms with Gasteiger partial charge >= 0.3 is 0 Å². The highest BCUT2D eigenvalue weighted by atomic mass is 16.7. The number of Topliss-reactive ketones (excluding diaryl/α,β-unsaturated/α-hetero) is 1. The number of ketones is 1. The number of allylic oxidation sites excluding steroid dienone is 1. The summed E-state index contributed by atoms with van der Waals surface area (Å²) >= 11 is 0. The molecule has 3 fully saturated rings. The summed E-state index contributed by atoms with van der Waals surface area (Å²) in [5, 5.41) is 32.0. The second kappa shape index (κ2) is 4.83. The van der Waals surface area contributed by atoms with E-state index in [-0.39, 0.29) is 29.0 Å². The van der Waals surface area contributed by atoms with Gasteiger partial charge in [-0.15, -0.1) is 0 Å². The molecule has 0 aromatic rings. The van der Waals surface area contributed by atoms with Gasteiger partial charge in [0.1, 0.15) is 6.10 Å². The van der Waals surface area contributed by atoms with Crippen LogP contribution in [0.2, 0.25) is 0 Å². The van der Waals surface area contributed by atoms with Gasteiger partial charge in [-0.05, 0) is 54.7 Å². The lowest BCUT2D eigenvalue weighted by atomic mass is 9.85. The molecule has 3 aliphatic carbocycles. The van der Waals surface area contributed by atoms with Crippen LogP contribution < -0.4 is 0 Å². The summed E-state index contributed by atoms with van der Waals surface area (Å²) in [4.78, 5) is 13.2. The third kappa shape index (κ3) is 1.95. The molecule has 1 saturated heterocycles. The number of hydrogen-bond acceptors (Lipinski definition) is 5. The molecule has 0 aromatic heterocycles. The Hall–Kier alpha value is -1.01. The minimum atomic E-state index is -1.08. The van der Waals surface area contributed by atoms with Crippen LogP contribution in [0.15, 0.2) is 23.3 Å². The molecular weight excluding hydrogens is 320 g/mol. The maximum atomic E-state index is 13.2. The molecule has 25 heavy (non-hydrogen) atoms. The van der Waals surface area contributed by atoms with E-state index >= 15 is 0 Å². The highest BCUT2D eigenvalue weighted by Gasteiger charge is 2.81. The molecule has 0 spiro atoms. The van der Waals surface area contributed by atoms with Crippen LogP contribution >= 0.6 is 0 Å². The number of rotatable bonds is 0. The van der Waals surface area contributed by atoms with Crippen LogP contribution in [0.3, 0.4) is 0 Å². The van der Waals surface area contributed by atoms with Gasteiger partial charge in [-0.1, -0.05) is 26.8 Å². The predicted octanol–water partition coefficient (Wildman–Crippen LogP) is 1.36. The van der Waals surface area contributed by atoms with E-state index in [9.17, 15) is 20.1 Å². The lowest BCUT2D eigenvalue weighted by molar-refractivity contribution is -0.120. The highest BCUT2D eigenvalue weighted by molar-refractivity contribution is 6.05. The van der Waals surface area contributed by atoms with Crippen LogP contribution in [-0.2, 0) is 9.53 Å². The first kappa shape index (κ1) is 17.4. The maximum absolute atomic E-state index is 13.2. The van der Waals surface area contributed by atoms with Crippen molar-refractivity contribution in [3.63, 3.8) is 0 Å². The standard InChI is InChI=1S/C20H28O5/c1-9-6-12-13(18(12,4)5)15(22)14(21)10(2)7-19-17(24)11(3)8-20(19,25-19)16(9)23/h6-7,11-15,17,21-22,24H,8H2,1-5H3/b9-6+,10-7+. The Morgan fingerprint density at radius 2 is 1.84 bits per heavy atom. The number of epoxide rings is 1. The molecule has 1 heterocycles. The summed E-state index contributed by atoms with van der Waals surface area (Å²) < 4.78 is 5.91. The Morgan fingerprint density at radius 1 is 1.20 bits per heavy atom. The van der Waals surface area contributed by atoms with E-state index < -0.39 is 29.5 Å². The summed E-state index contributed by atoms with van der Waals surface area (Å²) in [7, 11) is 0. The Bertz CT molecular complexity index is 707. The second-order valence-electron chi connectivity index (χ2n) is 9.22. The monoisotopic (exact) mass is 348 g/mol. The van der Waals surface area contributed by atoms with Crippen molar-refractivity contribution in [2.45, 2.75) is 70.6 Å². The molecule has 2 saturated carbocycles. The third-order valence-corrected chi connectivity index (χ3v) is 7.27. The lowest BCUT2D eigenvalue weighted by Gasteiger charge is -2.22. The zero-order valence-electron chi connectivity index (χ0n) is 15.5. The van der Waals surface area contributed by atoms with E-state index in [1.54, 1.807) is 19.9 Å². The van der Waals surface area contributed by atoms with Crippen LogP contribution in [0, 0.1) is 23.2 Å². The van der Waals surface area contributed by atoms with Crippen molar-refractivity contribution in [2.24, 2.45) is 23.2 Å². The summed E-state index contributed by atoms with van der Waals surface area (Å²) in [5.41, 5.74) is -1.09. The molecule has 0 bridgehead atoms. The normalized spacial score (nSPS) is 57.8. The van der Waals surface area contributed by atoms with E-state index in [0.29, 0.717) is 17.6 Å². The van der Waals surface area contributed by atoms with Crippen LogP contribution in [0.5, 0.6) is 0 Å². The first-order chi connectivity index (χ1) is 11.5. The van der Waals surface area contributed by atoms with Gasteiger partial charge in [-0.3, -0.25) is 4.79 Å². The van der Waals surface area contributed by atoms with Gasteiger partial charge < -0.3 is 20.1 Å². The fourth-order valence-electron chi connectivity index (χ4n) is 5.54. The van der Waals surface area contributed by atoms with Gasteiger partial charge in [0, 0.05) is 5.92 Å². The van der Waals surface area contributed by atoms with Gasteiger partial charge in [-0.25, -0.2) is 0 Å². The van der Waals surface area contributed by atoms with Gasteiger partial charge in [0.15, 0.2) is 17.0 Å². The number of fused-ring (bicyclic) bond motifs is 1. The summed E-state index contributed by atoms with van der Waals surface area (Å²) in [6.07, 6.45) is 1.36. The van der Waals surface area contributed by atoms with E-state index in [0.717, 1.165) is 0 Å². The number of aliphatic hydroxyl groups excluding tert-OH is 3. The second-order valence-corrected chi connectivity index (χ2v) is 9.22. The molecule has 8 atom stereocenters. The van der Waals surface area contributed by atoms with E-state index in [1.807, 2.05) is 13.0 Å². The zero-order chi connectivity index (χ0) is 18.5. The van der Waals surface area contributed by atoms with Crippen molar-refractivity contribution in [1.82, 2.24) is 0 Å². The molecule has 138 valence electrons. The highest BCUT2D eigenvalue weighted by Crippen LogP contribution is 2.66. The van der Waals surface area contributed by atoms with Crippen molar-refractivity contribution < 1.29 is 24.9 Å². The van der Waals surface area contributed by atoms with Crippen molar-refractivity contribution in [3.05, 3.63) is 23.3 Å². The molecule has 0 radical (unpaired) electrons. The number of ether oxygens (including phenoxy) is 1. The minimum absolute atomic E-state index is 0.0419. The Morgan fingerprint density at radius 3 is 2.48 bits per heavy atom. The van der Waals surface area contributed by atoms with Crippen LogP contribution in [0.25, 0.3) is 0 Å². The van der Waals surface area contributed by atoms with Crippen LogP contribution in [-0.4, -0.2) is 50.6 Å². The Labute approximate surface area is 148 Å². The minimum Gasteiger partial charge on any atom is -0.390 e. The first-order valence-electron chi connectivity index (χ1n) is 9.16. The average molecular weight is 348 g/mol. The molecule has 5 nitrogen and oxygen atoms in total.